The molecule has 3 nitrogen and oxygen atoms in total. The lowest BCUT2D eigenvalue weighted by Gasteiger charge is -2.12. The Morgan fingerprint density at radius 3 is 2.48 bits per heavy atom. The molecule has 0 aliphatic heterocycles. The van der Waals surface area contributed by atoms with Crippen molar-refractivity contribution in [3.63, 3.8) is 0 Å². The van der Waals surface area contributed by atoms with Gasteiger partial charge in [-0.3, -0.25) is 9.59 Å². The molecule has 1 N–H and O–H groups in total. The molecule has 23 heavy (non-hydrogen) atoms. The lowest BCUT2D eigenvalue weighted by Crippen LogP contribution is -2.22. The lowest BCUT2D eigenvalue weighted by molar-refractivity contribution is -0.134. The smallest absolute Gasteiger partial charge is 0.313 e. The SMILES string of the molecule is CC(C)(C)C(=O)/C=c1\[nH]c(=O)/c(=C\c2ccsc2C(F)(F)F)s1. The van der Waals surface area contributed by atoms with Crippen LogP contribution in [0.3, 0.4) is 0 Å². The zero-order valence-electron chi connectivity index (χ0n) is 12.6. The van der Waals surface area contributed by atoms with Crippen molar-refractivity contribution >= 4 is 40.6 Å². The molecule has 0 unspecified atom stereocenters. The fraction of sp³-hybridized carbons (Fsp3) is 0.333. The number of aromatic amines is 1. The van der Waals surface area contributed by atoms with E-state index in [-0.39, 0.29) is 15.9 Å². The van der Waals surface area contributed by atoms with Gasteiger partial charge in [-0.05, 0) is 23.1 Å². The molecule has 0 atom stereocenters. The third-order valence-electron chi connectivity index (χ3n) is 2.92. The van der Waals surface area contributed by atoms with E-state index in [0.29, 0.717) is 16.0 Å². The fourth-order valence-electron chi connectivity index (χ4n) is 1.66. The van der Waals surface area contributed by atoms with Crippen molar-refractivity contribution < 1.29 is 18.0 Å². The van der Waals surface area contributed by atoms with Crippen LogP contribution in [-0.4, -0.2) is 10.8 Å². The molecule has 124 valence electrons. The molecule has 0 bridgehead atoms. The summed E-state index contributed by atoms with van der Waals surface area (Å²) in [6.07, 6.45) is -1.95. The Hall–Kier alpha value is -1.67. The molecular formula is C15H14F3NO2S2. The summed E-state index contributed by atoms with van der Waals surface area (Å²) in [5.41, 5.74) is -1.16. The standard InChI is InChI=1S/C15H14F3NO2S2/c1-14(2,3)10(20)7-11-19-13(21)9(23-11)6-8-4-5-22-12(8)15(16,17)18/h4-7H,1-3H3,(H,19,21)/b9-6+,11-7+. The van der Waals surface area contributed by atoms with Crippen LogP contribution in [0, 0.1) is 5.41 Å². The summed E-state index contributed by atoms with van der Waals surface area (Å²) in [6.45, 7) is 5.22. The van der Waals surface area contributed by atoms with Gasteiger partial charge in [0.2, 0.25) is 0 Å². The Labute approximate surface area is 137 Å². The zero-order chi connectivity index (χ0) is 17.4. The summed E-state index contributed by atoms with van der Waals surface area (Å²) in [7, 11) is 0. The Morgan fingerprint density at radius 1 is 1.26 bits per heavy atom. The maximum Gasteiger partial charge on any atom is 0.426 e. The average molecular weight is 361 g/mol. The van der Waals surface area contributed by atoms with Crippen molar-refractivity contribution in [3.05, 3.63) is 41.4 Å². The van der Waals surface area contributed by atoms with E-state index in [1.807, 2.05) is 0 Å². The minimum atomic E-state index is -4.46. The maximum atomic E-state index is 12.9. The van der Waals surface area contributed by atoms with E-state index in [1.54, 1.807) is 20.8 Å². The van der Waals surface area contributed by atoms with Crippen molar-refractivity contribution in [2.45, 2.75) is 26.9 Å². The van der Waals surface area contributed by atoms with E-state index in [0.717, 1.165) is 11.3 Å². The number of rotatable bonds is 2. The monoisotopic (exact) mass is 361 g/mol. The number of thiazole rings is 1. The van der Waals surface area contributed by atoms with Crippen molar-refractivity contribution in [2.75, 3.05) is 0 Å². The second-order valence-corrected chi connectivity index (χ2v) is 7.89. The molecule has 2 heterocycles. The molecule has 0 aliphatic carbocycles. The normalized spacial score (nSPS) is 14.5. The maximum absolute atomic E-state index is 12.9. The van der Waals surface area contributed by atoms with Crippen LogP contribution < -0.4 is 14.8 Å². The molecule has 2 aromatic heterocycles. The van der Waals surface area contributed by atoms with Gasteiger partial charge in [0.1, 0.15) is 4.88 Å². The first-order valence-corrected chi connectivity index (χ1v) is 8.30. The van der Waals surface area contributed by atoms with Crippen LogP contribution in [0.25, 0.3) is 12.2 Å². The van der Waals surface area contributed by atoms with Gasteiger partial charge < -0.3 is 4.98 Å². The van der Waals surface area contributed by atoms with Crippen LogP contribution in [0.4, 0.5) is 13.2 Å². The number of H-pyrrole nitrogens is 1. The van der Waals surface area contributed by atoms with E-state index in [9.17, 15) is 22.8 Å². The number of thiophene rings is 1. The van der Waals surface area contributed by atoms with Gasteiger partial charge in [-0.25, -0.2) is 0 Å². The number of Topliss-reactive ketones (excluding diaryl/α,β-unsaturated/α-hetero) is 1. The summed E-state index contributed by atoms with van der Waals surface area (Å²) >= 11 is 1.54. The number of aromatic nitrogens is 1. The van der Waals surface area contributed by atoms with E-state index in [1.165, 1.54) is 23.6 Å². The molecule has 0 fully saturated rings. The largest absolute Gasteiger partial charge is 0.426 e. The summed E-state index contributed by atoms with van der Waals surface area (Å²) in [6, 6.07) is 1.32. The molecular weight excluding hydrogens is 347 g/mol. The Bertz CT molecular complexity index is 895. The van der Waals surface area contributed by atoms with E-state index >= 15 is 0 Å². The van der Waals surface area contributed by atoms with Gasteiger partial charge in [0.05, 0.1) is 9.20 Å². The van der Waals surface area contributed by atoms with Gasteiger partial charge in [-0.2, -0.15) is 13.2 Å². The van der Waals surface area contributed by atoms with Crippen LogP contribution in [-0.2, 0) is 11.0 Å². The Kier molecular flexibility index (Phi) is 4.68. The van der Waals surface area contributed by atoms with Crippen LogP contribution in [0.2, 0.25) is 0 Å². The van der Waals surface area contributed by atoms with E-state index in [4.69, 9.17) is 0 Å². The number of hydrogen-bond donors (Lipinski definition) is 1. The van der Waals surface area contributed by atoms with Crippen LogP contribution >= 0.6 is 22.7 Å². The molecule has 0 amide bonds. The van der Waals surface area contributed by atoms with Crippen LogP contribution in [0.15, 0.2) is 16.2 Å². The highest BCUT2D eigenvalue weighted by atomic mass is 32.1. The van der Waals surface area contributed by atoms with Crippen LogP contribution in [0.1, 0.15) is 31.2 Å². The average Bonchev–Trinajstić information content (AvgIpc) is 2.96. The summed E-state index contributed by atoms with van der Waals surface area (Å²) in [4.78, 5) is 25.5. The molecule has 0 saturated heterocycles. The predicted octanol–water partition coefficient (Wildman–Crippen LogP) is 2.74. The summed E-state index contributed by atoms with van der Waals surface area (Å²) < 4.78 is 39.0. The van der Waals surface area contributed by atoms with Crippen molar-refractivity contribution in [1.82, 2.24) is 4.98 Å². The molecule has 2 rings (SSSR count). The third kappa shape index (κ3) is 4.20. The number of carbonyl (C=O) groups is 1. The second-order valence-electron chi connectivity index (χ2n) is 5.89. The molecule has 8 heteroatoms. The molecule has 2 aromatic rings. The van der Waals surface area contributed by atoms with E-state index in [2.05, 4.69) is 4.98 Å². The first-order valence-electron chi connectivity index (χ1n) is 6.60. The molecule has 0 radical (unpaired) electrons. The van der Waals surface area contributed by atoms with Gasteiger partial charge in [-0.1, -0.05) is 20.8 Å². The molecule has 0 aromatic carbocycles. The highest BCUT2D eigenvalue weighted by Gasteiger charge is 2.34. The van der Waals surface area contributed by atoms with Crippen molar-refractivity contribution in [2.24, 2.45) is 5.41 Å². The summed E-state index contributed by atoms with van der Waals surface area (Å²) in [5, 5.41) is 1.33. The summed E-state index contributed by atoms with van der Waals surface area (Å²) in [5.74, 6) is -0.173. The van der Waals surface area contributed by atoms with Crippen LogP contribution in [0.5, 0.6) is 0 Å². The minimum absolute atomic E-state index is 0.0523. The number of nitrogens with one attached hydrogen (secondary N) is 1. The van der Waals surface area contributed by atoms with E-state index < -0.39 is 22.0 Å². The lowest BCUT2D eigenvalue weighted by atomic mass is 9.91. The van der Waals surface area contributed by atoms with Crippen molar-refractivity contribution in [3.8, 4) is 0 Å². The van der Waals surface area contributed by atoms with Gasteiger partial charge in [0, 0.05) is 11.5 Å². The number of alkyl halides is 3. The minimum Gasteiger partial charge on any atom is -0.313 e. The predicted molar refractivity (Wildman–Crippen MR) is 86.0 cm³/mol. The van der Waals surface area contributed by atoms with Gasteiger partial charge >= 0.3 is 6.18 Å². The number of carbonyl (C=O) groups excluding carboxylic acids is 1. The molecule has 0 spiro atoms. The quantitative estimate of drug-likeness (QED) is 0.894. The first-order chi connectivity index (χ1) is 10.5. The zero-order valence-corrected chi connectivity index (χ0v) is 14.2. The number of halogens is 3. The highest BCUT2D eigenvalue weighted by Crippen LogP contribution is 2.36. The molecule has 0 aliphatic rings. The van der Waals surface area contributed by atoms with Gasteiger partial charge in [0.15, 0.2) is 5.78 Å². The topological polar surface area (TPSA) is 49.9 Å². The highest BCUT2D eigenvalue weighted by molar-refractivity contribution is 7.10. The number of hydrogen-bond acceptors (Lipinski definition) is 4. The van der Waals surface area contributed by atoms with Gasteiger partial charge in [-0.15, -0.1) is 22.7 Å². The Morgan fingerprint density at radius 2 is 1.91 bits per heavy atom. The van der Waals surface area contributed by atoms with Crippen molar-refractivity contribution in [1.29, 1.82) is 0 Å². The molecule has 0 saturated carbocycles. The Balaban J connectivity index is 2.52. The van der Waals surface area contributed by atoms with Gasteiger partial charge in [0.25, 0.3) is 5.56 Å². The second kappa shape index (κ2) is 6.09. The third-order valence-corrected chi connectivity index (χ3v) is 4.86. The fourth-order valence-corrected chi connectivity index (χ4v) is 3.29. The number of ketones is 1. The first kappa shape index (κ1) is 17.7.